The molecular formula is C13H16O. The van der Waals surface area contributed by atoms with E-state index in [2.05, 4.69) is 25.1 Å². The molecule has 1 aromatic rings. The summed E-state index contributed by atoms with van der Waals surface area (Å²) in [6.45, 7) is 4.01. The summed E-state index contributed by atoms with van der Waals surface area (Å²) in [5.74, 6) is 0.170. The number of hydrogen-bond donors (Lipinski definition) is 1. The normalized spacial score (nSPS) is 31.6. The van der Waals surface area contributed by atoms with E-state index in [1.165, 1.54) is 11.1 Å². The van der Waals surface area contributed by atoms with Crippen molar-refractivity contribution in [3.05, 3.63) is 47.5 Å². The van der Waals surface area contributed by atoms with Crippen LogP contribution >= 0.6 is 0 Å². The lowest BCUT2D eigenvalue weighted by atomic mass is 9.83. The van der Waals surface area contributed by atoms with E-state index in [9.17, 15) is 5.11 Å². The van der Waals surface area contributed by atoms with Crippen molar-refractivity contribution >= 4 is 0 Å². The first-order chi connectivity index (χ1) is 6.61. The van der Waals surface area contributed by atoms with Crippen molar-refractivity contribution in [3.8, 4) is 0 Å². The highest BCUT2D eigenvalue weighted by atomic mass is 16.3. The Kier molecular flexibility index (Phi) is 2.20. The fraction of sp³-hybridized carbons (Fsp3) is 0.385. The van der Waals surface area contributed by atoms with E-state index < -0.39 is 5.60 Å². The van der Waals surface area contributed by atoms with Gasteiger partial charge in [-0.3, -0.25) is 0 Å². The van der Waals surface area contributed by atoms with E-state index in [0.717, 1.165) is 6.42 Å². The van der Waals surface area contributed by atoms with E-state index in [1.807, 2.05) is 25.1 Å². The second-order valence-electron chi connectivity index (χ2n) is 4.35. The molecule has 1 aromatic carbocycles. The van der Waals surface area contributed by atoms with Crippen molar-refractivity contribution in [3.63, 3.8) is 0 Å². The van der Waals surface area contributed by atoms with Gasteiger partial charge >= 0.3 is 0 Å². The van der Waals surface area contributed by atoms with Crippen molar-refractivity contribution in [2.45, 2.75) is 31.8 Å². The van der Waals surface area contributed by atoms with Gasteiger partial charge < -0.3 is 5.11 Å². The highest BCUT2D eigenvalue weighted by Crippen LogP contribution is 2.42. The van der Waals surface area contributed by atoms with Gasteiger partial charge in [0.1, 0.15) is 0 Å². The Bertz CT molecular complexity index is 349. The molecule has 74 valence electrons. The van der Waals surface area contributed by atoms with E-state index in [1.54, 1.807) is 0 Å². The number of hydrogen-bond acceptors (Lipinski definition) is 1. The average molecular weight is 188 g/mol. The lowest BCUT2D eigenvalue weighted by Crippen LogP contribution is -2.28. The molecule has 0 radical (unpaired) electrons. The molecule has 2 atom stereocenters. The van der Waals surface area contributed by atoms with Crippen LogP contribution in [0.25, 0.3) is 0 Å². The predicted octanol–water partition coefficient (Wildman–Crippen LogP) is 2.87. The first-order valence-electron chi connectivity index (χ1n) is 5.05. The topological polar surface area (TPSA) is 20.2 Å². The molecule has 1 nitrogen and oxygen atoms in total. The molecule has 0 spiro atoms. The zero-order chi connectivity index (χ0) is 10.2. The minimum absolute atomic E-state index is 0.170. The molecule has 1 N–H and O–H groups in total. The lowest BCUT2D eigenvalue weighted by molar-refractivity contribution is 0.0547. The van der Waals surface area contributed by atoms with Crippen LogP contribution in [0.2, 0.25) is 0 Å². The molecule has 0 bridgehead atoms. The van der Waals surface area contributed by atoms with E-state index >= 15 is 0 Å². The fourth-order valence-electron chi connectivity index (χ4n) is 2.36. The molecule has 0 fully saturated rings. The molecule has 1 heteroatoms. The van der Waals surface area contributed by atoms with Gasteiger partial charge in [-0.15, -0.1) is 0 Å². The van der Waals surface area contributed by atoms with Crippen molar-refractivity contribution in [1.82, 2.24) is 0 Å². The molecule has 14 heavy (non-hydrogen) atoms. The Balaban J connectivity index is 2.39. The van der Waals surface area contributed by atoms with Crippen LogP contribution in [0.4, 0.5) is 0 Å². The number of rotatable bonds is 1. The molecular weight excluding hydrogens is 172 g/mol. The Hall–Kier alpha value is -1.08. The van der Waals surface area contributed by atoms with Gasteiger partial charge in [0, 0.05) is 5.92 Å². The fourth-order valence-corrected chi connectivity index (χ4v) is 2.36. The molecule has 0 saturated heterocycles. The SMILES string of the molecule is CC1=CC[C@](C)(O)[C@H]1c1ccccc1. The van der Waals surface area contributed by atoms with Crippen LogP contribution in [0, 0.1) is 0 Å². The lowest BCUT2D eigenvalue weighted by Gasteiger charge is -2.27. The molecule has 0 saturated carbocycles. The summed E-state index contributed by atoms with van der Waals surface area (Å²) in [6, 6.07) is 10.2. The third-order valence-corrected chi connectivity index (χ3v) is 3.05. The van der Waals surface area contributed by atoms with Gasteiger partial charge in [-0.2, -0.15) is 0 Å². The highest BCUT2D eigenvalue weighted by molar-refractivity contribution is 5.35. The average Bonchev–Trinajstić information content (AvgIpc) is 2.42. The Labute approximate surface area is 85.1 Å². The van der Waals surface area contributed by atoms with E-state index in [0.29, 0.717) is 0 Å². The smallest absolute Gasteiger partial charge is 0.0759 e. The minimum atomic E-state index is -0.606. The zero-order valence-corrected chi connectivity index (χ0v) is 8.70. The molecule has 0 aromatic heterocycles. The Morgan fingerprint density at radius 3 is 2.43 bits per heavy atom. The van der Waals surface area contributed by atoms with Gasteiger partial charge in [0.05, 0.1) is 5.60 Å². The molecule has 0 unspecified atom stereocenters. The van der Waals surface area contributed by atoms with Crippen LogP contribution in [0.3, 0.4) is 0 Å². The maximum Gasteiger partial charge on any atom is 0.0759 e. The largest absolute Gasteiger partial charge is 0.389 e. The summed E-state index contributed by atoms with van der Waals surface area (Å²) in [7, 11) is 0. The van der Waals surface area contributed by atoms with Crippen molar-refractivity contribution in [2.24, 2.45) is 0 Å². The standard InChI is InChI=1S/C13H16O/c1-10-8-9-13(2,14)12(10)11-6-4-3-5-7-11/h3-8,12,14H,9H2,1-2H3/t12-,13+/m1/s1. The van der Waals surface area contributed by atoms with Gasteiger partial charge in [-0.1, -0.05) is 42.0 Å². The summed E-state index contributed by atoms with van der Waals surface area (Å²) in [5.41, 5.74) is 1.88. The third-order valence-electron chi connectivity index (χ3n) is 3.05. The molecule has 0 heterocycles. The predicted molar refractivity (Wildman–Crippen MR) is 58.2 cm³/mol. The summed E-state index contributed by atoms with van der Waals surface area (Å²) in [5, 5.41) is 10.2. The summed E-state index contributed by atoms with van der Waals surface area (Å²) < 4.78 is 0. The van der Waals surface area contributed by atoms with E-state index in [-0.39, 0.29) is 5.92 Å². The maximum atomic E-state index is 10.2. The van der Waals surface area contributed by atoms with Crippen LogP contribution in [0.5, 0.6) is 0 Å². The Morgan fingerprint density at radius 1 is 1.29 bits per heavy atom. The summed E-state index contributed by atoms with van der Waals surface area (Å²) >= 11 is 0. The molecule has 1 aliphatic carbocycles. The number of benzene rings is 1. The monoisotopic (exact) mass is 188 g/mol. The van der Waals surface area contributed by atoms with Crippen LogP contribution in [0.1, 0.15) is 31.7 Å². The molecule has 0 amide bonds. The van der Waals surface area contributed by atoms with Gasteiger partial charge in [0.2, 0.25) is 0 Å². The van der Waals surface area contributed by atoms with Crippen LogP contribution < -0.4 is 0 Å². The second kappa shape index (κ2) is 3.25. The van der Waals surface area contributed by atoms with Gasteiger partial charge in [-0.25, -0.2) is 0 Å². The van der Waals surface area contributed by atoms with Crippen LogP contribution in [0.15, 0.2) is 42.0 Å². The van der Waals surface area contributed by atoms with Gasteiger partial charge in [0.25, 0.3) is 0 Å². The van der Waals surface area contributed by atoms with E-state index in [4.69, 9.17) is 0 Å². The first kappa shape index (κ1) is 9.47. The highest BCUT2D eigenvalue weighted by Gasteiger charge is 2.37. The molecule has 0 aliphatic heterocycles. The van der Waals surface area contributed by atoms with Crippen LogP contribution in [-0.4, -0.2) is 10.7 Å². The zero-order valence-electron chi connectivity index (χ0n) is 8.70. The first-order valence-corrected chi connectivity index (χ1v) is 5.05. The van der Waals surface area contributed by atoms with Crippen molar-refractivity contribution in [2.75, 3.05) is 0 Å². The Morgan fingerprint density at radius 2 is 1.93 bits per heavy atom. The second-order valence-corrected chi connectivity index (χ2v) is 4.35. The van der Waals surface area contributed by atoms with Gasteiger partial charge in [0.15, 0.2) is 0 Å². The molecule has 2 rings (SSSR count). The van der Waals surface area contributed by atoms with Crippen molar-refractivity contribution < 1.29 is 5.11 Å². The van der Waals surface area contributed by atoms with Crippen molar-refractivity contribution in [1.29, 1.82) is 0 Å². The number of aliphatic hydroxyl groups is 1. The third kappa shape index (κ3) is 1.48. The maximum absolute atomic E-state index is 10.2. The summed E-state index contributed by atoms with van der Waals surface area (Å²) in [4.78, 5) is 0. The minimum Gasteiger partial charge on any atom is -0.389 e. The molecule has 1 aliphatic rings. The quantitative estimate of drug-likeness (QED) is 0.672. The van der Waals surface area contributed by atoms with Gasteiger partial charge in [-0.05, 0) is 25.8 Å². The summed E-state index contributed by atoms with van der Waals surface area (Å²) in [6.07, 6.45) is 2.90. The van der Waals surface area contributed by atoms with Crippen LogP contribution in [-0.2, 0) is 0 Å².